The fraction of sp³-hybridized carbons (Fsp3) is 0.500. The van der Waals surface area contributed by atoms with Crippen molar-refractivity contribution in [2.24, 2.45) is 0 Å². The average Bonchev–Trinajstić information content (AvgIpc) is 2.66. The van der Waals surface area contributed by atoms with Gasteiger partial charge in [0.05, 0.1) is 0 Å². The van der Waals surface area contributed by atoms with Gasteiger partial charge in [-0.1, -0.05) is 0 Å². The van der Waals surface area contributed by atoms with Gasteiger partial charge in [-0.05, 0) is 36.4 Å². The van der Waals surface area contributed by atoms with Gasteiger partial charge in [0.2, 0.25) is 0 Å². The van der Waals surface area contributed by atoms with Gasteiger partial charge in [0.15, 0.2) is 11.5 Å². The zero-order chi connectivity index (χ0) is 9.97. The van der Waals surface area contributed by atoms with Crippen molar-refractivity contribution >= 4 is 11.5 Å². The maximum atomic E-state index is 4.28. The molecule has 0 radical (unpaired) electrons. The van der Waals surface area contributed by atoms with Crippen molar-refractivity contribution in [1.82, 2.24) is 25.3 Å². The largest absolute Gasteiger partial charge is 0.356 e. The van der Waals surface area contributed by atoms with Crippen LogP contribution in [0, 0.1) is 0 Å². The number of fused-ring (bicyclic) bond motifs is 1. The Kier molecular flexibility index (Phi) is 2.26. The number of nitrogens with zero attached hydrogens (tertiary/aromatic N) is 6. The second-order valence-corrected chi connectivity index (χ2v) is 2.89. The van der Waals surface area contributed by atoms with Gasteiger partial charge in [-0.3, -0.25) is 0 Å². The Morgan fingerprint density at radius 3 is 2.79 bits per heavy atom. The summed E-state index contributed by atoms with van der Waals surface area (Å²) in [7, 11) is 0. The molecule has 0 spiro atoms. The first-order valence-corrected chi connectivity index (χ1v) is 4.65. The van der Waals surface area contributed by atoms with Gasteiger partial charge in [0.25, 0.3) is 0 Å². The molecule has 0 N–H and O–H groups in total. The molecule has 0 fully saturated rings. The van der Waals surface area contributed by atoms with Gasteiger partial charge in [-0.15, -0.1) is 14.8 Å². The molecule has 0 saturated heterocycles. The van der Waals surface area contributed by atoms with Crippen LogP contribution in [-0.2, 0) is 0 Å². The van der Waals surface area contributed by atoms with Crippen molar-refractivity contribution in [1.29, 1.82) is 0 Å². The van der Waals surface area contributed by atoms with Crippen molar-refractivity contribution < 1.29 is 0 Å². The van der Waals surface area contributed by atoms with Gasteiger partial charge >= 0.3 is 0 Å². The number of rotatable bonds is 3. The van der Waals surface area contributed by atoms with Crippen molar-refractivity contribution in [2.45, 2.75) is 13.8 Å². The zero-order valence-corrected chi connectivity index (χ0v) is 8.25. The Morgan fingerprint density at radius 1 is 1.29 bits per heavy atom. The second kappa shape index (κ2) is 3.57. The van der Waals surface area contributed by atoms with E-state index in [1.54, 1.807) is 0 Å². The van der Waals surface area contributed by atoms with Crippen LogP contribution >= 0.6 is 0 Å². The van der Waals surface area contributed by atoms with Crippen molar-refractivity contribution in [3.63, 3.8) is 0 Å². The summed E-state index contributed by atoms with van der Waals surface area (Å²) in [5, 5.41) is 15.4. The molecule has 6 heteroatoms. The summed E-state index contributed by atoms with van der Waals surface area (Å²) in [6.07, 6.45) is 0. The molecular weight excluding hydrogens is 180 g/mol. The molecule has 0 atom stereocenters. The molecule has 2 aromatic rings. The number of aromatic nitrogens is 5. The third-order valence-corrected chi connectivity index (χ3v) is 2.14. The SMILES string of the molecule is CCN(CC)c1ccc2nnnn2n1. The molecule has 0 unspecified atom stereocenters. The first-order valence-electron chi connectivity index (χ1n) is 4.65. The lowest BCUT2D eigenvalue weighted by Crippen LogP contribution is -2.23. The zero-order valence-electron chi connectivity index (χ0n) is 8.25. The minimum absolute atomic E-state index is 0.668. The molecule has 2 aromatic heterocycles. The van der Waals surface area contributed by atoms with E-state index in [1.807, 2.05) is 12.1 Å². The highest BCUT2D eigenvalue weighted by Crippen LogP contribution is 2.09. The van der Waals surface area contributed by atoms with E-state index in [9.17, 15) is 0 Å². The first kappa shape index (κ1) is 8.86. The normalized spacial score (nSPS) is 10.7. The number of tetrazole rings is 1. The van der Waals surface area contributed by atoms with E-state index in [-0.39, 0.29) is 0 Å². The summed E-state index contributed by atoms with van der Waals surface area (Å²) >= 11 is 0. The summed E-state index contributed by atoms with van der Waals surface area (Å²) in [5.41, 5.74) is 0.668. The molecule has 14 heavy (non-hydrogen) atoms. The molecule has 0 bridgehead atoms. The Balaban J connectivity index is 2.42. The molecular formula is C8H12N6. The van der Waals surface area contributed by atoms with E-state index < -0.39 is 0 Å². The number of hydrogen-bond acceptors (Lipinski definition) is 5. The van der Waals surface area contributed by atoms with Crippen LogP contribution in [0.1, 0.15) is 13.8 Å². The van der Waals surface area contributed by atoms with Crippen LogP contribution in [0.3, 0.4) is 0 Å². The van der Waals surface area contributed by atoms with E-state index in [0.29, 0.717) is 5.65 Å². The second-order valence-electron chi connectivity index (χ2n) is 2.89. The Morgan fingerprint density at radius 2 is 2.07 bits per heavy atom. The predicted molar refractivity (Wildman–Crippen MR) is 52.1 cm³/mol. The maximum absolute atomic E-state index is 4.28. The summed E-state index contributed by atoms with van der Waals surface area (Å²) in [6.45, 7) is 6.04. The molecule has 0 aliphatic rings. The van der Waals surface area contributed by atoms with E-state index in [2.05, 4.69) is 39.4 Å². The minimum Gasteiger partial charge on any atom is -0.356 e. The lowest BCUT2D eigenvalue weighted by atomic mass is 10.4. The highest BCUT2D eigenvalue weighted by atomic mass is 15.6. The molecule has 74 valence electrons. The molecule has 0 aromatic carbocycles. The average molecular weight is 192 g/mol. The van der Waals surface area contributed by atoms with Crippen molar-refractivity contribution in [3.8, 4) is 0 Å². The highest BCUT2D eigenvalue weighted by Gasteiger charge is 2.05. The van der Waals surface area contributed by atoms with Crippen molar-refractivity contribution in [2.75, 3.05) is 18.0 Å². The summed E-state index contributed by atoms with van der Waals surface area (Å²) in [6, 6.07) is 3.79. The summed E-state index contributed by atoms with van der Waals surface area (Å²) in [4.78, 5) is 2.14. The lowest BCUT2D eigenvalue weighted by Gasteiger charge is -2.18. The molecule has 2 rings (SSSR count). The fourth-order valence-electron chi connectivity index (χ4n) is 1.36. The molecule has 0 amide bonds. The predicted octanol–water partition coefficient (Wildman–Crippen LogP) is 0.365. The maximum Gasteiger partial charge on any atom is 0.200 e. The molecule has 0 aliphatic carbocycles. The topological polar surface area (TPSA) is 59.2 Å². The monoisotopic (exact) mass is 192 g/mol. The molecule has 2 heterocycles. The van der Waals surface area contributed by atoms with Crippen LogP contribution in [0.4, 0.5) is 5.82 Å². The van der Waals surface area contributed by atoms with E-state index in [4.69, 9.17) is 0 Å². The summed E-state index contributed by atoms with van der Waals surface area (Å²) < 4.78 is 1.44. The summed E-state index contributed by atoms with van der Waals surface area (Å²) in [5.74, 6) is 0.898. The smallest absolute Gasteiger partial charge is 0.200 e. The van der Waals surface area contributed by atoms with Crippen LogP contribution in [0.2, 0.25) is 0 Å². The van der Waals surface area contributed by atoms with Gasteiger partial charge in [-0.2, -0.15) is 0 Å². The number of hydrogen-bond donors (Lipinski definition) is 0. The third kappa shape index (κ3) is 1.39. The quantitative estimate of drug-likeness (QED) is 0.703. The molecule has 0 aliphatic heterocycles. The minimum atomic E-state index is 0.668. The van der Waals surface area contributed by atoms with Crippen molar-refractivity contribution in [3.05, 3.63) is 12.1 Å². The van der Waals surface area contributed by atoms with Gasteiger partial charge in [-0.25, -0.2) is 0 Å². The first-order chi connectivity index (χ1) is 6.85. The Labute approximate surface area is 81.5 Å². The Hall–Kier alpha value is -1.72. The van der Waals surface area contributed by atoms with E-state index in [1.165, 1.54) is 4.63 Å². The van der Waals surface area contributed by atoms with Crippen LogP contribution < -0.4 is 4.90 Å². The van der Waals surface area contributed by atoms with Gasteiger partial charge < -0.3 is 4.90 Å². The van der Waals surface area contributed by atoms with Crippen LogP contribution in [0.25, 0.3) is 5.65 Å². The van der Waals surface area contributed by atoms with Crippen LogP contribution in [0.15, 0.2) is 12.1 Å². The van der Waals surface area contributed by atoms with Crippen LogP contribution in [0.5, 0.6) is 0 Å². The molecule has 6 nitrogen and oxygen atoms in total. The van der Waals surface area contributed by atoms with E-state index in [0.717, 1.165) is 18.9 Å². The lowest BCUT2D eigenvalue weighted by molar-refractivity contribution is 0.714. The standard InChI is InChI=1S/C8H12N6/c1-3-13(4-2)8-6-5-7-9-11-12-14(7)10-8/h5-6H,3-4H2,1-2H3. The van der Waals surface area contributed by atoms with Gasteiger partial charge in [0, 0.05) is 13.1 Å². The number of anilines is 1. The Bertz CT molecular complexity index is 418. The highest BCUT2D eigenvalue weighted by molar-refractivity contribution is 5.43. The molecule has 0 saturated carbocycles. The van der Waals surface area contributed by atoms with Crippen LogP contribution in [-0.4, -0.2) is 38.3 Å². The third-order valence-electron chi connectivity index (χ3n) is 2.14. The fourth-order valence-corrected chi connectivity index (χ4v) is 1.36. The van der Waals surface area contributed by atoms with Gasteiger partial charge in [0.1, 0.15) is 0 Å². The van der Waals surface area contributed by atoms with E-state index >= 15 is 0 Å².